The van der Waals surface area contributed by atoms with Crippen LogP contribution in [0.15, 0.2) is 53.6 Å². The van der Waals surface area contributed by atoms with Crippen molar-refractivity contribution in [2.24, 2.45) is 5.10 Å². The number of hydrogen-bond donors (Lipinski definition) is 1. The number of hydrogen-bond acceptors (Lipinski definition) is 3. The Kier molecular flexibility index (Phi) is 5.58. The highest BCUT2D eigenvalue weighted by Gasteiger charge is 2.28. The van der Waals surface area contributed by atoms with Gasteiger partial charge in [0, 0.05) is 24.8 Å². The van der Waals surface area contributed by atoms with E-state index < -0.39 is 5.41 Å². The monoisotopic (exact) mass is 381 g/mol. The van der Waals surface area contributed by atoms with E-state index in [2.05, 4.69) is 10.4 Å². The third-order valence-corrected chi connectivity index (χ3v) is 4.83. The summed E-state index contributed by atoms with van der Waals surface area (Å²) < 4.78 is 14.1. The van der Waals surface area contributed by atoms with Gasteiger partial charge in [-0.05, 0) is 36.2 Å². The lowest BCUT2D eigenvalue weighted by Gasteiger charge is -2.27. The molecule has 0 fully saturated rings. The summed E-state index contributed by atoms with van der Waals surface area (Å²) in [5.41, 5.74) is 1.90. The molecular formula is C22H24FN3O2. The number of nitrogens with one attached hydrogen (secondary N) is 1. The van der Waals surface area contributed by atoms with Crippen molar-refractivity contribution in [1.29, 1.82) is 0 Å². The van der Waals surface area contributed by atoms with E-state index in [1.165, 1.54) is 11.1 Å². The normalized spacial score (nSPS) is 14.6. The lowest BCUT2D eigenvalue weighted by Crippen LogP contribution is -2.43. The quantitative estimate of drug-likeness (QED) is 0.858. The molecule has 5 nitrogen and oxygen atoms in total. The van der Waals surface area contributed by atoms with E-state index in [0.717, 1.165) is 5.56 Å². The molecule has 146 valence electrons. The standard InChI is InChI=1S/C22H24FN3O2/c1-15-7-6-8-16(13-15)26-20(27)12-11-19(25-26)21(28)24-14-22(2,3)17-9-4-5-10-18(17)23/h4-10,13H,11-12,14H2,1-3H3,(H,24,28). The Balaban J connectivity index is 1.74. The minimum atomic E-state index is -0.581. The molecule has 0 spiro atoms. The molecule has 0 bridgehead atoms. The van der Waals surface area contributed by atoms with Gasteiger partial charge in [0.2, 0.25) is 5.91 Å². The zero-order valence-electron chi connectivity index (χ0n) is 16.3. The number of anilines is 1. The molecule has 3 rings (SSSR count). The predicted molar refractivity (Wildman–Crippen MR) is 108 cm³/mol. The van der Waals surface area contributed by atoms with Crippen molar-refractivity contribution in [3.05, 3.63) is 65.5 Å². The molecule has 1 aliphatic rings. The molecule has 0 saturated heterocycles. The highest BCUT2D eigenvalue weighted by molar-refractivity contribution is 6.40. The minimum absolute atomic E-state index is 0.145. The first-order chi connectivity index (χ1) is 13.3. The summed E-state index contributed by atoms with van der Waals surface area (Å²) in [6.45, 7) is 5.93. The average molecular weight is 381 g/mol. The van der Waals surface area contributed by atoms with Gasteiger partial charge in [0.1, 0.15) is 11.5 Å². The number of rotatable bonds is 5. The fraction of sp³-hybridized carbons (Fsp3) is 0.318. The van der Waals surface area contributed by atoms with Crippen LogP contribution in [0.1, 0.15) is 37.8 Å². The van der Waals surface area contributed by atoms with E-state index in [4.69, 9.17) is 0 Å². The molecule has 2 aromatic carbocycles. The molecule has 1 aliphatic heterocycles. The van der Waals surface area contributed by atoms with E-state index in [-0.39, 0.29) is 37.0 Å². The van der Waals surface area contributed by atoms with Gasteiger partial charge in [0.15, 0.2) is 0 Å². The van der Waals surface area contributed by atoms with Crippen molar-refractivity contribution in [3.8, 4) is 0 Å². The van der Waals surface area contributed by atoms with Crippen LogP contribution in [-0.4, -0.2) is 24.1 Å². The molecule has 28 heavy (non-hydrogen) atoms. The second-order valence-electron chi connectivity index (χ2n) is 7.64. The highest BCUT2D eigenvalue weighted by Crippen LogP contribution is 2.25. The Morgan fingerprint density at radius 3 is 2.64 bits per heavy atom. The van der Waals surface area contributed by atoms with Crippen LogP contribution in [0.25, 0.3) is 0 Å². The first-order valence-corrected chi connectivity index (χ1v) is 9.28. The maximum Gasteiger partial charge on any atom is 0.267 e. The van der Waals surface area contributed by atoms with Crippen LogP contribution in [0, 0.1) is 12.7 Å². The van der Waals surface area contributed by atoms with Gasteiger partial charge in [-0.25, -0.2) is 9.40 Å². The number of hydrazone groups is 1. The van der Waals surface area contributed by atoms with Gasteiger partial charge in [-0.15, -0.1) is 0 Å². The summed E-state index contributed by atoms with van der Waals surface area (Å²) >= 11 is 0. The van der Waals surface area contributed by atoms with E-state index >= 15 is 0 Å². The summed E-state index contributed by atoms with van der Waals surface area (Å²) in [6.07, 6.45) is 0.504. The molecule has 0 saturated carbocycles. The van der Waals surface area contributed by atoms with Gasteiger partial charge < -0.3 is 5.32 Å². The minimum Gasteiger partial charge on any atom is -0.350 e. The molecule has 2 amide bonds. The predicted octanol–water partition coefficient (Wildman–Crippen LogP) is 3.71. The Bertz CT molecular complexity index is 937. The molecule has 0 unspecified atom stereocenters. The third kappa shape index (κ3) is 4.27. The lowest BCUT2D eigenvalue weighted by molar-refractivity contribution is -0.119. The van der Waals surface area contributed by atoms with Crippen LogP contribution in [0.5, 0.6) is 0 Å². The molecule has 6 heteroatoms. The SMILES string of the molecule is Cc1cccc(N2N=C(C(=O)NCC(C)(C)c3ccccc3F)CCC2=O)c1. The highest BCUT2D eigenvalue weighted by atomic mass is 19.1. The molecule has 0 atom stereocenters. The number of nitrogens with zero attached hydrogens (tertiary/aromatic N) is 2. The van der Waals surface area contributed by atoms with Gasteiger partial charge in [0.25, 0.3) is 5.91 Å². The Morgan fingerprint density at radius 2 is 1.93 bits per heavy atom. The number of carbonyl (C=O) groups is 2. The van der Waals surface area contributed by atoms with Gasteiger partial charge in [0.05, 0.1) is 5.69 Å². The van der Waals surface area contributed by atoms with Crippen LogP contribution < -0.4 is 10.3 Å². The van der Waals surface area contributed by atoms with Crippen LogP contribution in [0.4, 0.5) is 10.1 Å². The fourth-order valence-corrected chi connectivity index (χ4v) is 3.19. The molecule has 1 heterocycles. The first-order valence-electron chi connectivity index (χ1n) is 9.28. The summed E-state index contributed by atoms with van der Waals surface area (Å²) in [6, 6.07) is 14.0. The van der Waals surface area contributed by atoms with Gasteiger partial charge in [-0.2, -0.15) is 5.10 Å². The van der Waals surface area contributed by atoms with Crippen molar-refractivity contribution in [2.45, 2.75) is 39.0 Å². The summed E-state index contributed by atoms with van der Waals surface area (Å²) in [7, 11) is 0. The zero-order chi connectivity index (χ0) is 20.3. The summed E-state index contributed by atoms with van der Waals surface area (Å²) in [5.74, 6) is -0.781. The lowest BCUT2D eigenvalue weighted by atomic mass is 9.84. The van der Waals surface area contributed by atoms with Crippen molar-refractivity contribution in [1.82, 2.24) is 5.32 Å². The second-order valence-corrected chi connectivity index (χ2v) is 7.64. The zero-order valence-corrected chi connectivity index (χ0v) is 16.3. The van der Waals surface area contributed by atoms with Crippen molar-refractivity contribution in [2.75, 3.05) is 11.6 Å². The smallest absolute Gasteiger partial charge is 0.267 e. The van der Waals surface area contributed by atoms with Crippen LogP contribution in [0.3, 0.4) is 0 Å². The van der Waals surface area contributed by atoms with Crippen LogP contribution in [-0.2, 0) is 15.0 Å². The number of amides is 2. The first kappa shape index (κ1) is 19.7. The average Bonchev–Trinajstić information content (AvgIpc) is 2.67. The van der Waals surface area contributed by atoms with E-state index in [9.17, 15) is 14.0 Å². The van der Waals surface area contributed by atoms with E-state index in [0.29, 0.717) is 17.0 Å². The maximum atomic E-state index is 14.1. The number of carbonyl (C=O) groups excluding carboxylic acids is 2. The largest absolute Gasteiger partial charge is 0.350 e. The second kappa shape index (κ2) is 7.92. The molecule has 0 aromatic heterocycles. The number of aryl methyl sites for hydroxylation is 1. The molecule has 0 aliphatic carbocycles. The van der Waals surface area contributed by atoms with Gasteiger partial charge in [-0.3, -0.25) is 9.59 Å². The van der Waals surface area contributed by atoms with Gasteiger partial charge >= 0.3 is 0 Å². The Hall–Kier alpha value is -3.02. The van der Waals surface area contributed by atoms with Crippen molar-refractivity contribution < 1.29 is 14.0 Å². The van der Waals surface area contributed by atoms with Crippen molar-refractivity contribution in [3.63, 3.8) is 0 Å². The third-order valence-electron chi connectivity index (χ3n) is 4.83. The summed E-state index contributed by atoms with van der Waals surface area (Å²) in [4.78, 5) is 24.9. The molecule has 2 aromatic rings. The van der Waals surface area contributed by atoms with E-state index in [1.54, 1.807) is 24.3 Å². The maximum absolute atomic E-state index is 14.1. The Morgan fingerprint density at radius 1 is 1.18 bits per heavy atom. The molecule has 1 N–H and O–H groups in total. The van der Waals surface area contributed by atoms with E-state index in [1.807, 2.05) is 39.0 Å². The fourth-order valence-electron chi connectivity index (χ4n) is 3.19. The Labute approximate surface area is 164 Å². The van der Waals surface area contributed by atoms with Gasteiger partial charge in [-0.1, -0.05) is 44.2 Å². The summed E-state index contributed by atoms with van der Waals surface area (Å²) in [5, 5.41) is 8.41. The topological polar surface area (TPSA) is 61.8 Å². The number of benzene rings is 2. The van der Waals surface area contributed by atoms with Crippen molar-refractivity contribution >= 4 is 23.2 Å². The van der Waals surface area contributed by atoms with Crippen LogP contribution in [0.2, 0.25) is 0 Å². The van der Waals surface area contributed by atoms with Crippen LogP contribution >= 0.6 is 0 Å². The molecular weight excluding hydrogens is 357 g/mol. The molecule has 0 radical (unpaired) electrons. The number of halogens is 1.